The summed E-state index contributed by atoms with van der Waals surface area (Å²) in [6.45, 7) is 2.01. The van der Waals surface area contributed by atoms with Gasteiger partial charge in [0, 0.05) is 6.54 Å². The van der Waals surface area contributed by atoms with Crippen LogP contribution in [0.1, 0.15) is 12.8 Å². The molecule has 0 spiro atoms. The fourth-order valence-corrected chi connectivity index (χ4v) is 1.65. The van der Waals surface area contributed by atoms with Crippen LogP contribution in [0.3, 0.4) is 0 Å². The van der Waals surface area contributed by atoms with Crippen LogP contribution in [0, 0.1) is 17.2 Å². The largest absolute Gasteiger partial charge is 0.343 e. The average molecular weight is 181 g/mol. The second-order valence-electron chi connectivity index (χ2n) is 3.48. The molecule has 1 rings (SSSR count). The molecule has 0 bridgehead atoms. The summed E-state index contributed by atoms with van der Waals surface area (Å²) >= 11 is 0. The minimum absolute atomic E-state index is 0.0214. The summed E-state index contributed by atoms with van der Waals surface area (Å²) in [5.41, 5.74) is 0. The quantitative estimate of drug-likeness (QED) is 0.608. The number of rotatable bonds is 2. The van der Waals surface area contributed by atoms with Crippen molar-refractivity contribution in [3.63, 3.8) is 0 Å². The molecule has 1 saturated heterocycles. The molecule has 1 aliphatic rings. The maximum Gasteiger partial charge on any atom is 0.225 e. The second-order valence-corrected chi connectivity index (χ2v) is 3.48. The summed E-state index contributed by atoms with van der Waals surface area (Å²) in [5.74, 6) is 0.0974. The van der Waals surface area contributed by atoms with Crippen LogP contribution in [0.4, 0.5) is 0 Å². The Morgan fingerprint density at radius 3 is 3.15 bits per heavy atom. The van der Waals surface area contributed by atoms with Gasteiger partial charge in [-0.15, -0.1) is 0 Å². The molecule has 1 atom stereocenters. The molecule has 72 valence electrons. The zero-order valence-corrected chi connectivity index (χ0v) is 7.92. The van der Waals surface area contributed by atoms with E-state index in [2.05, 4.69) is 10.2 Å². The highest BCUT2D eigenvalue weighted by atomic mass is 16.1. The van der Waals surface area contributed by atoms with E-state index >= 15 is 0 Å². The van der Waals surface area contributed by atoms with Crippen LogP contribution in [0.25, 0.3) is 0 Å². The van der Waals surface area contributed by atoms with Crippen LogP contribution in [0.15, 0.2) is 0 Å². The van der Waals surface area contributed by atoms with Gasteiger partial charge in [0.15, 0.2) is 0 Å². The van der Waals surface area contributed by atoms with Crippen LogP contribution in [0.2, 0.25) is 0 Å². The predicted octanol–water partition coefficient (Wildman–Crippen LogP) is -0.0320. The van der Waals surface area contributed by atoms with Crippen LogP contribution >= 0.6 is 0 Å². The Balaban J connectivity index is 2.33. The van der Waals surface area contributed by atoms with Gasteiger partial charge in [0.2, 0.25) is 5.91 Å². The third kappa shape index (κ3) is 3.03. The molecule has 1 amide bonds. The lowest BCUT2D eigenvalue weighted by atomic mass is 9.98. The molecular formula is C9H15N3O. The van der Waals surface area contributed by atoms with Crippen molar-refractivity contribution in [3.05, 3.63) is 0 Å². The Morgan fingerprint density at radius 2 is 2.54 bits per heavy atom. The van der Waals surface area contributed by atoms with Gasteiger partial charge in [-0.2, -0.15) is 5.26 Å². The van der Waals surface area contributed by atoms with Crippen LogP contribution < -0.4 is 5.32 Å². The summed E-state index contributed by atoms with van der Waals surface area (Å²) in [6.07, 6.45) is 2.02. The topological polar surface area (TPSA) is 56.1 Å². The number of hydrogen-bond donors (Lipinski definition) is 1. The first-order valence-corrected chi connectivity index (χ1v) is 4.57. The number of hydrogen-bond acceptors (Lipinski definition) is 3. The Hall–Kier alpha value is -1.08. The van der Waals surface area contributed by atoms with E-state index in [0.29, 0.717) is 0 Å². The Morgan fingerprint density at radius 1 is 1.77 bits per heavy atom. The number of amides is 1. The number of nitriles is 1. The van der Waals surface area contributed by atoms with Gasteiger partial charge in [-0.05, 0) is 26.4 Å². The van der Waals surface area contributed by atoms with E-state index in [1.54, 1.807) is 0 Å². The fourth-order valence-electron chi connectivity index (χ4n) is 1.65. The number of piperidine rings is 1. The van der Waals surface area contributed by atoms with Crippen molar-refractivity contribution in [2.24, 2.45) is 5.92 Å². The highest BCUT2D eigenvalue weighted by Crippen LogP contribution is 2.14. The molecule has 0 radical (unpaired) electrons. The molecule has 0 aliphatic carbocycles. The molecule has 4 heteroatoms. The van der Waals surface area contributed by atoms with E-state index < -0.39 is 0 Å². The first kappa shape index (κ1) is 10.0. The molecule has 1 unspecified atom stereocenters. The first-order valence-electron chi connectivity index (χ1n) is 4.57. The highest BCUT2D eigenvalue weighted by molar-refractivity contribution is 5.79. The van der Waals surface area contributed by atoms with Gasteiger partial charge in [-0.3, -0.25) is 4.79 Å². The summed E-state index contributed by atoms with van der Waals surface area (Å²) in [6, 6.07) is 1.90. The zero-order chi connectivity index (χ0) is 9.68. The molecule has 0 saturated carbocycles. The molecule has 13 heavy (non-hydrogen) atoms. The predicted molar refractivity (Wildman–Crippen MR) is 48.8 cm³/mol. The van der Waals surface area contributed by atoms with E-state index in [1.165, 1.54) is 0 Å². The average Bonchev–Trinajstić information content (AvgIpc) is 2.14. The van der Waals surface area contributed by atoms with Crippen molar-refractivity contribution in [2.45, 2.75) is 12.8 Å². The summed E-state index contributed by atoms with van der Waals surface area (Å²) < 4.78 is 0. The SMILES string of the molecule is CN1CCCC(C(=O)NCC#N)C1. The normalized spacial score (nSPS) is 23.5. The van der Waals surface area contributed by atoms with Crippen molar-refractivity contribution in [2.75, 3.05) is 26.7 Å². The molecule has 0 aromatic heterocycles. The molecule has 0 aromatic rings. The Labute approximate surface area is 78.5 Å². The number of carbonyl (C=O) groups excluding carboxylic acids is 1. The lowest BCUT2D eigenvalue weighted by molar-refractivity contribution is -0.126. The summed E-state index contributed by atoms with van der Waals surface area (Å²) in [4.78, 5) is 13.6. The lowest BCUT2D eigenvalue weighted by Crippen LogP contribution is -2.41. The molecule has 4 nitrogen and oxygen atoms in total. The van der Waals surface area contributed by atoms with Crippen molar-refractivity contribution < 1.29 is 4.79 Å². The third-order valence-electron chi connectivity index (χ3n) is 2.34. The number of carbonyl (C=O) groups is 1. The van der Waals surface area contributed by atoms with E-state index in [9.17, 15) is 4.79 Å². The van der Waals surface area contributed by atoms with Crippen molar-refractivity contribution in [1.29, 1.82) is 5.26 Å². The fraction of sp³-hybridized carbons (Fsp3) is 0.778. The van der Waals surface area contributed by atoms with Gasteiger partial charge in [0.05, 0.1) is 12.0 Å². The van der Waals surface area contributed by atoms with Gasteiger partial charge in [-0.1, -0.05) is 0 Å². The molecule has 1 heterocycles. The van der Waals surface area contributed by atoms with Crippen LogP contribution in [0.5, 0.6) is 0 Å². The monoisotopic (exact) mass is 181 g/mol. The Bertz CT molecular complexity index is 221. The maximum atomic E-state index is 11.4. The standard InChI is InChI=1S/C9H15N3O/c1-12-6-2-3-8(7-12)9(13)11-5-4-10/h8H,2-3,5-7H2,1H3,(H,11,13). The maximum absolute atomic E-state index is 11.4. The van der Waals surface area contributed by atoms with Crippen LogP contribution in [-0.4, -0.2) is 37.5 Å². The Kier molecular flexibility index (Phi) is 3.71. The summed E-state index contributed by atoms with van der Waals surface area (Å²) in [5, 5.41) is 10.9. The second kappa shape index (κ2) is 4.83. The molecule has 1 aliphatic heterocycles. The lowest BCUT2D eigenvalue weighted by Gasteiger charge is -2.28. The number of nitrogens with zero attached hydrogens (tertiary/aromatic N) is 2. The van der Waals surface area contributed by atoms with Crippen LogP contribution in [-0.2, 0) is 4.79 Å². The van der Waals surface area contributed by atoms with Gasteiger partial charge in [0.25, 0.3) is 0 Å². The van der Waals surface area contributed by atoms with Crippen molar-refractivity contribution in [1.82, 2.24) is 10.2 Å². The minimum atomic E-state index is 0.0214. The number of nitrogens with one attached hydrogen (secondary N) is 1. The van der Waals surface area contributed by atoms with E-state index in [4.69, 9.17) is 5.26 Å². The van der Waals surface area contributed by atoms with Gasteiger partial charge in [-0.25, -0.2) is 0 Å². The molecule has 1 N–H and O–H groups in total. The first-order chi connectivity index (χ1) is 6.24. The summed E-state index contributed by atoms with van der Waals surface area (Å²) in [7, 11) is 2.02. The number of likely N-dealkylation sites (tertiary alicyclic amines) is 1. The van der Waals surface area contributed by atoms with E-state index in [1.807, 2.05) is 13.1 Å². The van der Waals surface area contributed by atoms with Crippen molar-refractivity contribution in [3.8, 4) is 6.07 Å². The molecular weight excluding hydrogens is 166 g/mol. The van der Waals surface area contributed by atoms with E-state index in [-0.39, 0.29) is 18.4 Å². The molecule has 1 fully saturated rings. The smallest absolute Gasteiger partial charge is 0.225 e. The zero-order valence-electron chi connectivity index (χ0n) is 7.92. The third-order valence-corrected chi connectivity index (χ3v) is 2.34. The van der Waals surface area contributed by atoms with Gasteiger partial charge < -0.3 is 10.2 Å². The van der Waals surface area contributed by atoms with E-state index in [0.717, 1.165) is 25.9 Å². The molecule has 0 aromatic carbocycles. The minimum Gasteiger partial charge on any atom is -0.343 e. The van der Waals surface area contributed by atoms with Gasteiger partial charge in [0.1, 0.15) is 6.54 Å². The highest BCUT2D eigenvalue weighted by Gasteiger charge is 2.23. The van der Waals surface area contributed by atoms with Gasteiger partial charge >= 0.3 is 0 Å². The van der Waals surface area contributed by atoms with Crippen molar-refractivity contribution >= 4 is 5.91 Å².